The lowest BCUT2D eigenvalue weighted by atomic mass is 10.2. The van der Waals surface area contributed by atoms with Crippen molar-refractivity contribution in [3.05, 3.63) is 48.3 Å². The maximum Gasteiger partial charge on any atom is 0.341 e. The minimum atomic E-state index is -1.09. The second kappa shape index (κ2) is 6.38. The molecule has 0 aliphatic rings. The maximum atomic E-state index is 11.9. The normalized spacial score (nSPS) is 9.90. The Balaban J connectivity index is 2.07. The summed E-state index contributed by atoms with van der Waals surface area (Å²) in [7, 11) is 0. The Morgan fingerprint density at radius 2 is 2.05 bits per heavy atom. The van der Waals surface area contributed by atoms with Gasteiger partial charge in [-0.3, -0.25) is 9.78 Å². The summed E-state index contributed by atoms with van der Waals surface area (Å²) in [6.07, 6.45) is 2.54. The molecule has 0 spiro atoms. The van der Waals surface area contributed by atoms with Crippen molar-refractivity contribution in [3.8, 4) is 11.5 Å². The van der Waals surface area contributed by atoms with Gasteiger partial charge in [0.05, 0.1) is 11.8 Å². The second-order valence-corrected chi connectivity index (χ2v) is 4.10. The fraction of sp³-hybridized carbons (Fsp3) is 0.0714. The number of nitrogens with one attached hydrogen (secondary N) is 1. The molecule has 0 radical (unpaired) electrons. The van der Waals surface area contributed by atoms with Crippen LogP contribution >= 0.6 is 0 Å². The van der Waals surface area contributed by atoms with Crippen molar-refractivity contribution in [1.82, 2.24) is 4.98 Å². The first-order chi connectivity index (χ1) is 10.0. The molecule has 21 heavy (non-hydrogen) atoms. The summed E-state index contributed by atoms with van der Waals surface area (Å²) in [6.45, 7) is -0.464. The van der Waals surface area contributed by atoms with Crippen LogP contribution in [0.4, 0.5) is 5.69 Å². The van der Waals surface area contributed by atoms with Crippen LogP contribution in [0.15, 0.2) is 42.7 Å². The van der Waals surface area contributed by atoms with E-state index in [1.807, 2.05) is 0 Å². The Labute approximate surface area is 119 Å². The molecule has 1 heterocycles. The van der Waals surface area contributed by atoms with Gasteiger partial charge in [0.25, 0.3) is 5.91 Å². The molecule has 0 aliphatic heterocycles. The second-order valence-electron chi connectivity index (χ2n) is 4.10. The average Bonchev–Trinajstić information content (AvgIpc) is 2.45. The zero-order chi connectivity index (χ0) is 15.2. The molecule has 0 aliphatic carbocycles. The number of ether oxygens (including phenoxy) is 1. The third-order valence-corrected chi connectivity index (χ3v) is 2.44. The molecule has 3 N–H and O–H groups in total. The molecule has 1 amide bonds. The predicted molar refractivity (Wildman–Crippen MR) is 73.4 cm³/mol. The number of aliphatic carboxylic acids is 1. The lowest BCUT2D eigenvalue weighted by Gasteiger charge is -2.08. The Hall–Kier alpha value is -3.09. The molecule has 0 atom stereocenters. The number of rotatable bonds is 5. The van der Waals surface area contributed by atoms with E-state index in [1.165, 1.54) is 24.5 Å². The summed E-state index contributed by atoms with van der Waals surface area (Å²) in [5.41, 5.74) is 0.637. The van der Waals surface area contributed by atoms with E-state index in [4.69, 9.17) is 9.84 Å². The van der Waals surface area contributed by atoms with Gasteiger partial charge in [-0.15, -0.1) is 0 Å². The zero-order valence-corrected chi connectivity index (χ0v) is 10.8. The minimum absolute atomic E-state index is 0.110. The number of nitrogens with zero attached hydrogens (tertiary/aromatic N) is 1. The number of carboxylic acid groups (broad SMARTS) is 1. The van der Waals surface area contributed by atoms with E-state index in [1.54, 1.807) is 18.2 Å². The van der Waals surface area contributed by atoms with Gasteiger partial charge in [0.2, 0.25) is 0 Å². The van der Waals surface area contributed by atoms with E-state index < -0.39 is 18.5 Å². The molecule has 0 unspecified atom stereocenters. The molecule has 0 saturated carbocycles. The van der Waals surface area contributed by atoms with Gasteiger partial charge in [0, 0.05) is 18.0 Å². The number of aromatic nitrogens is 1. The van der Waals surface area contributed by atoms with Crippen LogP contribution in [0.3, 0.4) is 0 Å². The molecule has 0 fully saturated rings. The Morgan fingerprint density at radius 1 is 1.24 bits per heavy atom. The largest absolute Gasteiger partial charge is 0.506 e. The summed E-state index contributed by atoms with van der Waals surface area (Å²) in [6, 6.07) is 7.61. The molecule has 2 rings (SSSR count). The van der Waals surface area contributed by atoms with E-state index in [-0.39, 0.29) is 11.3 Å². The molecule has 108 valence electrons. The van der Waals surface area contributed by atoms with Crippen molar-refractivity contribution in [3.63, 3.8) is 0 Å². The summed E-state index contributed by atoms with van der Waals surface area (Å²) >= 11 is 0. The van der Waals surface area contributed by atoms with E-state index in [2.05, 4.69) is 10.3 Å². The van der Waals surface area contributed by atoms with Crippen LogP contribution in [0, 0.1) is 0 Å². The van der Waals surface area contributed by atoms with E-state index in [0.29, 0.717) is 11.4 Å². The standard InChI is InChI=1S/C14H12N2O5/c17-11-4-9(6-15-7-11)14(20)16-10-2-1-3-12(5-10)21-8-13(18)19/h1-7,17H,8H2,(H,16,20)(H,18,19). The number of benzene rings is 1. The first kappa shape index (κ1) is 14.3. The third kappa shape index (κ3) is 4.20. The van der Waals surface area contributed by atoms with Crippen LogP contribution < -0.4 is 10.1 Å². The van der Waals surface area contributed by atoms with E-state index in [9.17, 15) is 14.7 Å². The van der Waals surface area contributed by atoms with Crippen molar-refractivity contribution in [2.45, 2.75) is 0 Å². The van der Waals surface area contributed by atoms with Crippen LogP contribution in [0.5, 0.6) is 11.5 Å². The van der Waals surface area contributed by atoms with Gasteiger partial charge in [-0.05, 0) is 18.2 Å². The lowest BCUT2D eigenvalue weighted by molar-refractivity contribution is -0.139. The van der Waals surface area contributed by atoms with Crippen molar-refractivity contribution in [2.24, 2.45) is 0 Å². The highest BCUT2D eigenvalue weighted by atomic mass is 16.5. The Bertz CT molecular complexity index is 672. The Kier molecular flexibility index (Phi) is 4.35. The van der Waals surface area contributed by atoms with Crippen LogP contribution in [-0.2, 0) is 4.79 Å². The highest BCUT2D eigenvalue weighted by Crippen LogP contribution is 2.18. The molecule has 1 aromatic heterocycles. The highest BCUT2D eigenvalue weighted by Gasteiger charge is 2.08. The third-order valence-electron chi connectivity index (χ3n) is 2.44. The van der Waals surface area contributed by atoms with Gasteiger partial charge in [0.15, 0.2) is 6.61 Å². The minimum Gasteiger partial charge on any atom is -0.506 e. The van der Waals surface area contributed by atoms with Crippen molar-refractivity contribution in [2.75, 3.05) is 11.9 Å². The summed E-state index contributed by atoms with van der Waals surface area (Å²) in [5, 5.41) is 20.4. The predicted octanol–water partition coefficient (Wildman–Crippen LogP) is 1.50. The van der Waals surface area contributed by atoms with Crippen molar-refractivity contribution < 1.29 is 24.5 Å². The Morgan fingerprint density at radius 3 is 2.76 bits per heavy atom. The first-order valence-corrected chi connectivity index (χ1v) is 5.94. The van der Waals surface area contributed by atoms with Gasteiger partial charge in [-0.1, -0.05) is 6.07 Å². The average molecular weight is 288 g/mol. The number of anilines is 1. The van der Waals surface area contributed by atoms with Gasteiger partial charge in [0.1, 0.15) is 11.5 Å². The first-order valence-electron chi connectivity index (χ1n) is 5.94. The zero-order valence-electron chi connectivity index (χ0n) is 10.8. The quantitative estimate of drug-likeness (QED) is 0.769. The smallest absolute Gasteiger partial charge is 0.341 e. The van der Waals surface area contributed by atoms with Crippen LogP contribution in [0.1, 0.15) is 10.4 Å². The fourth-order valence-electron chi connectivity index (χ4n) is 1.56. The molecule has 7 heteroatoms. The molecule has 1 aromatic carbocycles. The van der Waals surface area contributed by atoms with Gasteiger partial charge < -0.3 is 20.3 Å². The monoisotopic (exact) mass is 288 g/mol. The highest BCUT2D eigenvalue weighted by molar-refractivity contribution is 6.04. The van der Waals surface area contributed by atoms with Crippen LogP contribution in [0.25, 0.3) is 0 Å². The van der Waals surface area contributed by atoms with Crippen molar-refractivity contribution in [1.29, 1.82) is 0 Å². The summed E-state index contributed by atoms with van der Waals surface area (Å²) in [4.78, 5) is 26.1. The molecular formula is C14H12N2O5. The number of hydrogen-bond donors (Lipinski definition) is 3. The topological polar surface area (TPSA) is 109 Å². The fourth-order valence-corrected chi connectivity index (χ4v) is 1.56. The van der Waals surface area contributed by atoms with E-state index >= 15 is 0 Å². The van der Waals surface area contributed by atoms with Crippen LogP contribution in [0.2, 0.25) is 0 Å². The number of pyridine rings is 1. The lowest BCUT2D eigenvalue weighted by Crippen LogP contribution is -2.13. The van der Waals surface area contributed by atoms with Crippen LogP contribution in [-0.4, -0.2) is 33.7 Å². The molecule has 2 aromatic rings. The van der Waals surface area contributed by atoms with Gasteiger partial charge in [-0.25, -0.2) is 4.79 Å². The number of aromatic hydroxyl groups is 1. The van der Waals surface area contributed by atoms with Gasteiger partial charge >= 0.3 is 5.97 Å². The molecule has 0 saturated heterocycles. The summed E-state index contributed by atoms with van der Waals surface area (Å²) in [5.74, 6) is -1.32. The number of carbonyl (C=O) groups is 2. The molecule has 0 bridgehead atoms. The molecular weight excluding hydrogens is 276 g/mol. The number of carboxylic acids is 1. The SMILES string of the molecule is O=C(O)COc1cccc(NC(=O)c2cncc(O)c2)c1. The number of carbonyl (C=O) groups excluding carboxylic acids is 1. The number of hydrogen-bond acceptors (Lipinski definition) is 5. The van der Waals surface area contributed by atoms with Gasteiger partial charge in [-0.2, -0.15) is 0 Å². The maximum absolute atomic E-state index is 11.9. The molecule has 7 nitrogen and oxygen atoms in total. The van der Waals surface area contributed by atoms with E-state index in [0.717, 1.165) is 0 Å². The summed E-state index contributed by atoms with van der Waals surface area (Å²) < 4.78 is 5.01. The number of amides is 1. The van der Waals surface area contributed by atoms with Crippen molar-refractivity contribution >= 4 is 17.6 Å².